The number of carboxylic acids is 1. The van der Waals surface area contributed by atoms with E-state index in [2.05, 4.69) is 75.5 Å². The molecule has 16 unspecified atom stereocenters. The van der Waals surface area contributed by atoms with Gasteiger partial charge in [-0.25, -0.2) is 8.00 Å². The average Bonchev–Trinajstić information content (AvgIpc) is 1.44. The maximum Gasteiger partial charge on any atom is 0.336 e. The number of allylic oxidation sites excluding steroid dienone is 2. The molecular formula is C75H98I2N4O22S. The van der Waals surface area contributed by atoms with E-state index in [0.29, 0.717) is 66.4 Å². The highest BCUT2D eigenvalue weighted by Crippen LogP contribution is 2.87. The number of fused-ring (bicyclic) bond motifs is 5. The van der Waals surface area contributed by atoms with E-state index in [9.17, 15) is 75.7 Å². The highest BCUT2D eigenvalue weighted by molar-refractivity contribution is 14.1. The van der Waals surface area contributed by atoms with Crippen LogP contribution in [0.3, 0.4) is 0 Å². The number of nitrogens with zero attached hydrogens (tertiary/aromatic N) is 1. The summed E-state index contributed by atoms with van der Waals surface area (Å²) in [6.45, 7) is 15.3. The number of unbranched alkanes of at least 4 members (excludes halogenated alkanes) is 2. The van der Waals surface area contributed by atoms with Gasteiger partial charge in [0, 0.05) is 65.3 Å². The lowest BCUT2D eigenvalue weighted by Gasteiger charge is -2.75. The number of amides is 1. The number of carbonyl (C=O) groups is 3. The lowest BCUT2D eigenvalue weighted by molar-refractivity contribution is -0.361. The van der Waals surface area contributed by atoms with E-state index in [0.717, 1.165) is 24.8 Å². The molecule has 12 rings (SSSR count). The van der Waals surface area contributed by atoms with Gasteiger partial charge in [-0.1, -0.05) is 95.2 Å². The maximum absolute atomic E-state index is 16.4. The second-order valence-corrected chi connectivity index (χ2v) is 34.9. The van der Waals surface area contributed by atoms with Crippen LogP contribution in [0.1, 0.15) is 143 Å². The predicted molar refractivity (Wildman–Crippen MR) is 401 cm³/mol. The zero-order valence-electron chi connectivity index (χ0n) is 59.4. The number of aliphatic hydroxyl groups is 10. The minimum atomic E-state index is -2.77. The van der Waals surface area contributed by atoms with Gasteiger partial charge in [0.25, 0.3) is 0 Å². The second kappa shape index (κ2) is 29.3. The number of anilines is 1. The Hall–Kier alpha value is -4.66. The molecule has 10 aliphatic rings. The summed E-state index contributed by atoms with van der Waals surface area (Å²) in [4.78, 5) is 55.5. The number of alkyl halides is 1. The van der Waals surface area contributed by atoms with Crippen LogP contribution < -0.4 is 21.4 Å². The third-order valence-electron chi connectivity index (χ3n) is 25.4. The van der Waals surface area contributed by atoms with Gasteiger partial charge in [0.15, 0.2) is 16.8 Å². The van der Waals surface area contributed by atoms with Gasteiger partial charge in [0.05, 0.1) is 76.0 Å². The summed E-state index contributed by atoms with van der Waals surface area (Å²) in [5.74, 6) is -5.25. The quantitative estimate of drug-likeness (QED) is 0.00672. The number of nitrogens with one attached hydrogen (secondary N) is 3. The first-order chi connectivity index (χ1) is 48.9. The number of carboxylic acid groups (broad SMARTS) is 1. The monoisotopic (exact) mass is 1690 g/mol. The Morgan fingerprint density at radius 2 is 1.58 bits per heavy atom. The molecule has 0 bridgehead atoms. The highest BCUT2D eigenvalue weighted by atomic mass is 127. The Morgan fingerprint density at radius 3 is 2.28 bits per heavy atom. The van der Waals surface area contributed by atoms with Gasteiger partial charge in [-0.05, 0) is 158 Å². The molecule has 1 amide bonds. The van der Waals surface area contributed by atoms with Crippen molar-refractivity contribution in [2.45, 2.75) is 234 Å². The van der Waals surface area contributed by atoms with E-state index in [-0.39, 0.29) is 80.5 Å². The number of ether oxygens (including phenoxy) is 5. The number of thiocarbonyl (C=S) groups is 1. The predicted octanol–water partition coefficient (Wildman–Crippen LogP) is 6.32. The van der Waals surface area contributed by atoms with Gasteiger partial charge < -0.3 is 105 Å². The summed E-state index contributed by atoms with van der Waals surface area (Å²) in [6.07, 6.45) is -14.5. The Balaban J connectivity index is 0.754. The van der Waals surface area contributed by atoms with Crippen LogP contribution in [0, 0.1) is 49.7 Å². The molecule has 25 atom stereocenters. The number of halogens is 2. The van der Waals surface area contributed by atoms with E-state index in [1.807, 2.05) is 49.9 Å². The second-order valence-electron chi connectivity index (χ2n) is 32.7. The number of carbonyl (C=O) groups excluding carboxylic acids is 2. The van der Waals surface area contributed by atoms with Crippen LogP contribution in [0.2, 0.25) is 0 Å². The molecule has 4 aliphatic heterocycles. The summed E-state index contributed by atoms with van der Waals surface area (Å²) >= 11 is 9.84. The van der Waals surface area contributed by atoms with Gasteiger partial charge in [-0.2, -0.15) is 0 Å². The van der Waals surface area contributed by atoms with Crippen molar-refractivity contribution >= 4 is 104 Å². The Bertz CT molecular complexity index is 4030. The normalized spacial score (nSPS) is 40.3. The summed E-state index contributed by atoms with van der Waals surface area (Å²) in [7, 11) is 0. The van der Waals surface area contributed by atoms with Gasteiger partial charge in [-0.15, -0.1) is 0 Å². The molecule has 4 saturated carbocycles. The Kier molecular flexibility index (Phi) is 22.2. The number of aromatic carboxylic acids is 1. The van der Waals surface area contributed by atoms with Crippen molar-refractivity contribution < 1.29 is 104 Å². The number of phenols is 1. The van der Waals surface area contributed by atoms with Gasteiger partial charge >= 0.3 is 11.9 Å². The zero-order chi connectivity index (χ0) is 75.5. The molecule has 4 heterocycles. The minimum Gasteiger partial charge on any atom is -0.508 e. The minimum absolute atomic E-state index is 0.0641. The van der Waals surface area contributed by atoms with Gasteiger partial charge in [0.2, 0.25) is 11.7 Å². The van der Waals surface area contributed by atoms with Crippen LogP contribution in [-0.2, 0) is 33.3 Å². The zero-order valence-corrected chi connectivity index (χ0v) is 64.5. The molecule has 26 nitrogen and oxygen atoms in total. The topological polar surface area (TPSA) is 419 Å². The fraction of sp³-hybridized carbons (Fsp3) is 0.653. The fourth-order valence-corrected chi connectivity index (χ4v) is 22.7. The van der Waals surface area contributed by atoms with Crippen LogP contribution in [0.4, 0.5) is 5.69 Å². The molecule has 7 fully saturated rings. The number of phenolic OH excluding ortho intramolecular Hbond substituents is 1. The van der Waals surface area contributed by atoms with Crippen molar-refractivity contribution in [3.05, 3.63) is 82.0 Å². The first-order valence-corrected chi connectivity index (χ1v) is 38.5. The van der Waals surface area contributed by atoms with E-state index in [1.54, 1.807) is 24.3 Å². The van der Waals surface area contributed by atoms with Crippen molar-refractivity contribution in [3.63, 3.8) is 0 Å². The highest BCUT2D eigenvalue weighted by Gasteiger charge is 2.83. The number of esters is 1. The van der Waals surface area contributed by atoms with Crippen LogP contribution in [0.5, 0.6) is 5.75 Å². The largest absolute Gasteiger partial charge is 0.508 e. The number of hydrogen-bond donors (Lipinski definition) is 15. The number of hydrogen-bond acceptors (Lipinski definition) is 23. The number of rotatable bonds is 20. The van der Waals surface area contributed by atoms with E-state index < -0.39 is 161 Å². The SMILES string of the molecule is CC1O[C@@H](C[C@@]2(OC(=O)[C@]3(CCC(C)(C)C)C(I)C4=CC5(C)CC6C7(C)C[C@H](O)C(C)(C=NI)C7CCC65C4(C)C[C@@H]3O)OC(CO)[C@H](NC(=O)CCCCCNC(=S)Nc3ccc(-c4c5ccc(=O)cc-5oc5cc(O)ccc45)c(C(=O)O)c3)C(O)C2O)C(O)C(O)[C@H]1O[C@@H]1OC[C@@H](O)C(O)C1O. The molecule has 15 N–H and O–H groups in total. The molecule has 0 aromatic heterocycles. The molecule has 2 aromatic rings. The summed E-state index contributed by atoms with van der Waals surface area (Å²) in [6, 6.07) is 11.8. The fourth-order valence-electron chi connectivity index (χ4n) is 20.0. The summed E-state index contributed by atoms with van der Waals surface area (Å²) < 4.78 is 40.7. The Morgan fingerprint density at radius 1 is 0.846 bits per heavy atom. The number of benzene rings is 3. The van der Waals surface area contributed by atoms with Crippen LogP contribution in [0.25, 0.3) is 33.4 Å². The van der Waals surface area contributed by atoms with Crippen LogP contribution >= 0.6 is 57.7 Å². The molecule has 1 spiro atoms. The van der Waals surface area contributed by atoms with Gasteiger partial charge in [-0.3, -0.25) is 14.4 Å². The summed E-state index contributed by atoms with van der Waals surface area (Å²) in [5.41, 5.74) is -2.00. The molecule has 570 valence electrons. The van der Waals surface area contributed by atoms with Crippen LogP contribution in [-0.4, -0.2) is 212 Å². The van der Waals surface area contributed by atoms with E-state index in [1.165, 1.54) is 37.3 Å². The standard InChI is InChI=1S/C75H98I2N4O22S/c1-35-61(101-65-60(93)56(89)44(85)33-98-65)59(92)57(90)47(99-35)28-75(103-66(97)73(22-21-68(2,3)4)52(87)31-72(8)43(62(73)76)27-69(5)29-50-70(6)30-51(86)71(7,34-79-77)49(70)19-20-74(50,69)72)63(94)58(91)55(48(32-82)102-75)81-53(88)12-10-9-11-23-78-67(104)80-36-13-16-39(42(24-36)64(95)96)54-40-17-14-37(83)25-45(40)100-46-26-38(84)15-18-41(46)54/h13-18,24-27,34-35,44,47-52,55-63,65,82-83,85-87,89-94H,9-12,19-23,28-33H2,1-8H3,(H,81,88)(H,95,96)(H2,78,80,104)/t35?,44-,47+,48?,49?,50?,51+,52+,55+,56?,57?,58?,59?,60?,61+,62?,63?,65+,69?,70?,71?,72?,73+,74?,75+/m1/s1. The Labute approximate surface area is 635 Å². The van der Waals surface area contributed by atoms with Crippen LogP contribution in [0.15, 0.2) is 78.7 Å². The lowest BCUT2D eigenvalue weighted by atomic mass is 9.29. The van der Waals surface area contributed by atoms with Crippen molar-refractivity contribution in [2.75, 3.05) is 25.1 Å². The molecule has 0 radical (unpaired) electrons. The van der Waals surface area contributed by atoms with Crippen molar-refractivity contribution in [1.82, 2.24) is 10.6 Å². The first kappa shape index (κ1) is 78.9. The summed E-state index contributed by atoms with van der Waals surface area (Å²) in [5, 5.41) is 147. The average molecular weight is 1690 g/mol. The molecule has 3 saturated heterocycles. The lowest BCUT2D eigenvalue weighted by Crippen LogP contribution is -2.73. The van der Waals surface area contributed by atoms with E-state index in [4.69, 9.17) is 40.3 Å². The van der Waals surface area contributed by atoms with Crippen molar-refractivity contribution in [2.24, 2.45) is 52.9 Å². The smallest absolute Gasteiger partial charge is 0.336 e. The van der Waals surface area contributed by atoms with E-state index >= 15 is 4.79 Å². The van der Waals surface area contributed by atoms with Crippen molar-refractivity contribution in [3.8, 4) is 28.2 Å². The molecular weight excluding hydrogens is 1590 g/mol. The molecule has 104 heavy (non-hydrogen) atoms. The molecule has 29 heteroatoms. The van der Waals surface area contributed by atoms with Crippen molar-refractivity contribution in [1.29, 1.82) is 0 Å². The molecule has 2 aromatic carbocycles. The maximum atomic E-state index is 16.4. The number of aromatic hydroxyl groups is 1. The molecule has 6 aliphatic carbocycles. The third-order valence-corrected chi connectivity index (χ3v) is 27.7. The third kappa shape index (κ3) is 13.3. The first-order valence-electron chi connectivity index (χ1n) is 35.9. The van der Waals surface area contributed by atoms with Gasteiger partial charge in [0.1, 0.15) is 77.4 Å². The number of aliphatic hydroxyl groups excluding tert-OH is 10.